The van der Waals surface area contributed by atoms with Crippen molar-refractivity contribution in [2.75, 3.05) is 13.2 Å². The molecule has 4 rings (SSSR count). The summed E-state index contributed by atoms with van der Waals surface area (Å²) < 4.78 is 22.9. The Morgan fingerprint density at radius 3 is 1.41 bits per heavy atom. The van der Waals surface area contributed by atoms with Crippen LogP contribution in [0.3, 0.4) is 0 Å². The van der Waals surface area contributed by atoms with Crippen LogP contribution in [0.5, 0.6) is 0 Å². The molecule has 4 aliphatic carbocycles. The van der Waals surface area contributed by atoms with Crippen LogP contribution in [0.1, 0.15) is 141 Å². The third-order valence-electron chi connectivity index (χ3n) is 9.96. The second-order valence-electron chi connectivity index (χ2n) is 13.6. The Bertz CT molecular complexity index is 818. The lowest BCUT2D eigenvalue weighted by Gasteiger charge is -2.29. The number of hydrogen-bond acceptors (Lipinski definition) is 8. The van der Waals surface area contributed by atoms with Gasteiger partial charge in [-0.15, -0.1) is 0 Å². The van der Waals surface area contributed by atoms with E-state index in [2.05, 4.69) is 10.6 Å². The second kappa shape index (κ2) is 19.1. The SMILES string of the molecule is O=C(CC1CCCCC1)OCC(OC(=O)NC1CCCCC1)C(COC(=O)NC1CCCCC1)OC(=O)CC1CCCCC1. The summed E-state index contributed by atoms with van der Waals surface area (Å²) in [5.74, 6) is -0.245. The van der Waals surface area contributed by atoms with Crippen LogP contribution in [-0.4, -0.2) is 61.6 Å². The predicted molar refractivity (Wildman–Crippen MR) is 165 cm³/mol. The van der Waals surface area contributed by atoms with Crippen LogP contribution < -0.4 is 10.6 Å². The minimum atomic E-state index is -1.12. The first-order valence-corrected chi connectivity index (χ1v) is 17.7. The van der Waals surface area contributed by atoms with E-state index in [-0.39, 0.29) is 43.6 Å². The monoisotopic (exact) mass is 620 g/mol. The average molecular weight is 621 g/mol. The van der Waals surface area contributed by atoms with E-state index < -0.39 is 30.4 Å². The summed E-state index contributed by atoms with van der Waals surface area (Å²) in [6.07, 6.45) is 17.9. The molecule has 0 aliphatic heterocycles. The average Bonchev–Trinajstić information content (AvgIpc) is 3.03. The van der Waals surface area contributed by atoms with Crippen molar-refractivity contribution in [2.45, 2.75) is 166 Å². The van der Waals surface area contributed by atoms with Crippen LogP contribution >= 0.6 is 0 Å². The smallest absolute Gasteiger partial charge is 0.407 e. The van der Waals surface area contributed by atoms with Gasteiger partial charge in [-0.1, -0.05) is 77.0 Å². The number of esters is 2. The summed E-state index contributed by atoms with van der Waals surface area (Å²) in [6, 6.07) is 0.0631. The first-order valence-electron chi connectivity index (χ1n) is 17.7. The van der Waals surface area contributed by atoms with Gasteiger partial charge in [0, 0.05) is 24.9 Å². The van der Waals surface area contributed by atoms with E-state index >= 15 is 0 Å². The molecule has 10 nitrogen and oxygen atoms in total. The molecule has 0 saturated heterocycles. The van der Waals surface area contributed by atoms with E-state index in [1.54, 1.807) is 0 Å². The summed E-state index contributed by atoms with van der Waals surface area (Å²) in [7, 11) is 0. The van der Waals surface area contributed by atoms with E-state index in [1.807, 2.05) is 0 Å². The Hall–Kier alpha value is -2.52. The molecule has 0 radical (unpaired) electrons. The zero-order chi connectivity index (χ0) is 31.0. The van der Waals surface area contributed by atoms with Crippen molar-refractivity contribution in [1.29, 1.82) is 0 Å². The normalized spacial score (nSPS) is 22.3. The molecule has 10 heteroatoms. The van der Waals surface area contributed by atoms with Gasteiger partial charge in [0.25, 0.3) is 0 Å². The van der Waals surface area contributed by atoms with E-state index in [0.29, 0.717) is 12.3 Å². The van der Waals surface area contributed by atoms with Gasteiger partial charge in [-0.2, -0.15) is 0 Å². The number of nitrogens with one attached hydrogen (secondary N) is 2. The molecule has 0 aromatic carbocycles. The Balaban J connectivity index is 1.41. The van der Waals surface area contributed by atoms with Crippen molar-refractivity contribution in [3.63, 3.8) is 0 Å². The number of hydrogen-bond donors (Lipinski definition) is 2. The summed E-state index contributed by atoms with van der Waals surface area (Å²) in [6.45, 7) is -0.588. The maximum atomic E-state index is 13.1. The van der Waals surface area contributed by atoms with Crippen LogP contribution in [-0.2, 0) is 28.5 Å². The largest absolute Gasteiger partial charge is 0.462 e. The third kappa shape index (κ3) is 12.8. The van der Waals surface area contributed by atoms with Crippen LogP contribution in [0, 0.1) is 11.8 Å². The molecule has 250 valence electrons. The number of alkyl carbamates (subject to hydrolysis) is 2. The summed E-state index contributed by atoms with van der Waals surface area (Å²) in [4.78, 5) is 51.8. The Morgan fingerprint density at radius 2 is 0.886 bits per heavy atom. The molecular weight excluding hydrogens is 564 g/mol. The van der Waals surface area contributed by atoms with Crippen molar-refractivity contribution in [3.8, 4) is 0 Å². The first-order chi connectivity index (χ1) is 21.4. The number of carbonyl (C=O) groups excluding carboxylic acids is 4. The molecule has 0 heterocycles. The highest BCUT2D eigenvalue weighted by Crippen LogP contribution is 2.28. The van der Waals surface area contributed by atoms with Crippen LogP contribution in [0.25, 0.3) is 0 Å². The van der Waals surface area contributed by atoms with Crippen molar-refractivity contribution in [1.82, 2.24) is 10.6 Å². The molecule has 4 fully saturated rings. The molecular formula is C34H56N2O8. The zero-order valence-electron chi connectivity index (χ0n) is 26.7. The summed E-state index contributed by atoms with van der Waals surface area (Å²) in [5, 5.41) is 5.85. The summed E-state index contributed by atoms with van der Waals surface area (Å²) in [5.41, 5.74) is 0. The Kier molecular flexibility index (Phi) is 14.9. The fourth-order valence-corrected chi connectivity index (χ4v) is 7.34. The quantitative estimate of drug-likeness (QED) is 0.169. The molecule has 4 aliphatic rings. The lowest BCUT2D eigenvalue weighted by molar-refractivity contribution is -0.166. The first kappa shape index (κ1) is 34.4. The van der Waals surface area contributed by atoms with Gasteiger partial charge < -0.3 is 29.6 Å². The van der Waals surface area contributed by atoms with Crippen molar-refractivity contribution >= 4 is 24.1 Å². The number of rotatable bonds is 13. The van der Waals surface area contributed by atoms with Crippen LogP contribution in [0.15, 0.2) is 0 Å². The van der Waals surface area contributed by atoms with E-state index in [1.165, 1.54) is 12.8 Å². The fourth-order valence-electron chi connectivity index (χ4n) is 7.34. The molecule has 0 aromatic rings. The van der Waals surface area contributed by atoms with Gasteiger partial charge in [0.2, 0.25) is 0 Å². The van der Waals surface area contributed by atoms with Gasteiger partial charge in [0.15, 0.2) is 12.2 Å². The predicted octanol–water partition coefficient (Wildman–Crippen LogP) is 6.87. The molecule has 0 bridgehead atoms. The highest BCUT2D eigenvalue weighted by atomic mass is 16.6. The minimum Gasteiger partial charge on any atom is -0.462 e. The second-order valence-corrected chi connectivity index (χ2v) is 13.6. The lowest BCUT2D eigenvalue weighted by atomic mass is 9.87. The van der Waals surface area contributed by atoms with E-state index in [4.69, 9.17) is 18.9 Å². The molecule has 0 aromatic heterocycles. The zero-order valence-corrected chi connectivity index (χ0v) is 26.7. The topological polar surface area (TPSA) is 129 Å². The molecule has 2 N–H and O–H groups in total. The molecule has 0 spiro atoms. The maximum Gasteiger partial charge on any atom is 0.407 e. The van der Waals surface area contributed by atoms with Gasteiger partial charge >= 0.3 is 24.1 Å². The molecule has 2 atom stereocenters. The molecule has 2 amide bonds. The number of ether oxygens (including phenoxy) is 4. The number of amides is 2. The van der Waals surface area contributed by atoms with E-state index in [9.17, 15) is 19.2 Å². The van der Waals surface area contributed by atoms with Gasteiger partial charge in [0.05, 0.1) is 0 Å². The molecule has 2 unspecified atom stereocenters. The summed E-state index contributed by atoms with van der Waals surface area (Å²) >= 11 is 0. The van der Waals surface area contributed by atoms with Crippen LogP contribution in [0.2, 0.25) is 0 Å². The van der Waals surface area contributed by atoms with E-state index in [0.717, 1.165) is 116 Å². The third-order valence-corrected chi connectivity index (χ3v) is 9.96. The van der Waals surface area contributed by atoms with Crippen molar-refractivity contribution < 1.29 is 38.1 Å². The molecule has 44 heavy (non-hydrogen) atoms. The number of carbonyl (C=O) groups is 4. The fraction of sp³-hybridized carbons (Fsp3) is 0.882. The van der Waals surface area contributed by atoms with Crippen molar-refractivity contribution in [2.24, 2.45) is 11.8 Å². The highest BCUT2D eigenvalue weighted by molar-refractivity contribution is 5.71. The standard InChI is InChI=1S/C34H56N2O8/c37-31(21-25-13-5-1-6-14-25)41-23-30(44-34(40)36-28-19-11-4-12-20-28)29(43-32(38)22-26-15-7-2-8-16-26)24-42-33(39)35-27-17-9-3-10-18-27/h25-30H,1-24H2,(H,35,39)(H,36,40). The van der Waals surface area contributed by atoms with Gasteiger partial charge in [-0.05, 0) is 63.2 Å². The molecule has 4 saturated carbocycles. The van der Waals surface area contributed by atoms with Gasteiger partial charge in [-0.3, -0.25) is 9.59 Å². The van der Waals surface area contributed by atoms with Gasteiger partial charge in [-0.25, -0.2) is 9.59 Å². The lowest BCUT2D eigenvalue weighted by Crippen LogP contribution is -2.47. The van der Waals surface area contributed by atoms with Crippen LogP contribution in [0.4, 0.5) is 9.59 Å². The Labute approximate surface area is 263 Å². The highest BCUT2D eigenvalue weighted by Gasteiger charge is 2.34. The van der Waals surface area contributed by atoms with Crippen molar-refractivity contribution in [3.05, 3.63) is 0 Å². The minimum absolute atomic E-state index is 0.00979. The van der Waals surface area contributed by atoms with Gasteiger partial charge in [0.1, 0.15) is 13.2 Å². The maximum absolute atomic E-state index is 13.1. The Morgan fingerprint density at radius 1 is 0.477 bits per heavy atom.